The Bertz CT molecular complexity index is 688. The minimum atomic E-state index is 0.0544. The Hall–Kier alpha value is -1.87. The van der Waals surface area contributed by atoms with E-state index in [0.717, 1.165) is 18.5 Å². The fourth-order valence-electron chi connectivity index (χ4n) is 3.36. The van der Waals surface area contributed by atoms with Gasteiger partial charge in [-0.05, 0) is 30.5 Å². The molecule has 1 aliphatic rings. The van der Waals surface area contributed by atoms with Crippen LogP contribution in [0.3, 0.4) is 0 Å². The smallest absolute Gasteiger partial charge is 0.252 e. The number of nitrogens with one attached hydrogen (secondary N) is 1. The minimum absolute atomic E-state index is 0.0544. The van der Waals surface area contributed by atoms with Gasteiger partial charge < -0.3 is 4.98 Å². The molecule has 21 heavy (non-hydrogen) atoms. The van der Waals surface area contributed by atoms with Gasteiger partial charge in [0.15, 0.2) is 0 Å². The van der Waals surface area contributed by atoms with Crippen LogP contribution in [0.2, 0.25) is 0 Å². The summed E-state index contributed by atoms with van der Waals surface area (Å²) < 4.78 is 0. The highest BCUT2D eigenvalue weighted by atomic mass is 16.1. The van der Waals surface area contributed by atoms with Gasteiger partial charge in [-0.1, -0.05) is 44.2 Å². The zero-order chi connectivity index (χ0) is 15.0. The van der Waals surface area contributed by atoms with Crippen LogP contribution < -0.4 is 5.56 Å². The number of rotatable bonds is 2. The lowest BCUT2D eigenvalue weighted by atomic mass is 9.85. The largest absolute Gasteiger partial charge is 0.328 e. The molecule has 1 aromatic heterocycles. The molecule has 1 aliphatic heterocycles. The molecule has 0 radical (unpaired) electrons. The number of pyridine rings is 1. The van der Waals surface area contributed by atoms with Crippen LogP contribution in [0, 0.1) is 5.92 Å². The minimum Gasteiger partial charge on any atom is -0.328 e. The number of H-pyrrole nitrogens is 1. The number of fused-ring (bicyclic) bond motifs is 1. The van der Waals surface area contributed by atoms with Crippen LogP contribution in [0.5, 0.6) is 0 Å². The first-order chi connectivity index (χ1) is 10.1. The van der Waals surface area contributed by atoms with Crippen LogP contribution in [-0.2, 0) is 13.0 Å². The standard InChI is InChI=1S/C18H22N2O/c1-12(2)17-9-14-15(13-7-5-4-6-8-13)10-19-18(21)16(14)11-20(17)3/h4-8,10,12,17H,9,11H2,1-3H3,(H,19,21). The van der Waals surface area contributed by atoms with Crippen molar-refractivity contribution in [2.24, 2.45) is 5.92 Å². The number of nitrogens with zero attached hydrogens (tertiary/aromatic N) is 1. The average Bonchev–Trinajstić information content (AvgIpc) is 2.48. The van der Waals surface area contributed by atoms with E-state index in [0.29, 0.717) is 12.0 Å². The predicted molar refractivity (Wildman–Crippen MR) is 86.3 cm³/mol. The van der Waals surface area contributed by atoms with Crippen LogP contribution in [-0.4, -0.2) is 23.0 Å². The second-order valence-electron chi connectivity index (χ2n) is 6.29. The zero-order valence-corrected chi connectivity index (χ0v) is 12.9. The van der Waals surface area contributed by atoms with Gasteiger partial charge in [0.25, 0.3) is 5.56 Å². The summed E-state index contributed by atoms with van der Waals surface area (Å²) in [6.07, 6.45) is 2.82. The molecule has 0 amide bonds. The summed E-state index contributed by atoms with van der Waals surface area (Å²) in [5.41, 5.74) is 4.55. The van der Waals surface area contributed by atoms with E-state index in [1.807, 2.05) is 24.4 Å². The topological polar surface area (TPSA) is 36.1 Å². The molecular weight excluding hydrogens is 260 g/mol. The van der Waals surface area contributed by atoms with Crippen molar-refractivity contribution in [2.75, 3.05) is 7.05 Å². The average molecular weight is 282 g/mol. The zero-order valence-electron chi connectivity index (χ0n) is 12.9. The van der Waals surface area contributed by atoms with Crippen molar-refractivity contribution >= 4 is 0 Å². The normalized spacial score (nSPS) is 18.8. The first-order valence-corrected chi connectivity index (χ1v) is 7.57. The van der Waals surface area contributed by atoms with Crippen molar-refractivity contribution < 1.29 is 0 Å². The van der Waals surface area contributed by atoms with E-state index in [-0.39, 0.29) is 5.56 Å². The van der Waals surface area contributed by atoms with E-state index in [9.17, 15) is 4.79 Å². The molecule has 2 heterocycles. The summed E-state index contributed by atoms with van der Waals surface area (Å²) in [7, 11) is 2.11. The fourth-order valence-corrected chi connectivity index (χ4v) is 3.36. The summed E-state index contributed by atoms with van der Waals surface area (Å²) in [5, 5.41) is 0. The highest BCUT2D eigenvalue weighted by molar-refractivity contribution is 5.68. The second-order valence-corrected chi connectivity index (χ2v) is 6.29. The van der Waals surface area contributed by atoms with Crippen molar-refractivity contribution in [1.29, 1.82) is 0 Å². The first-order valence-electron chi connectivity index (χ1n) is 7.57. The van der Waals surface area contributed by atoms with Gasteiger partial charge in [-0.2, -0.15) is 0 Å². The second kappa shape index (κ2) is 5.49. The molecule has 1 aromatic carbocycles. The van der Waals surface area contributed by atoms with Gasteiger partial charge >= 0.3 is 0 Å². The molecule has 0 saturated heterocycles. The number of aromatic nitrogens is 1. The summed E-state index contributed by atoms with van der Waals surface area (Å²) in [5.74, 6) is 0.575. The quantitative estimate of drug-likeness (QED) is 0.919. The van der Waals surface area contributed by atoms with Gasteiger partial charge in [0.05, 0.1) is 0 Å². The van der Waals surface area contributed by atoms with E-state index >= 15 is 0 Å². The van der Waals surface area contributed by atoms with Crippen LogP contribution in [0.25, 0.3) is 11.1 Å². The Morgan fingerprint density at radius 1 is 1.19 bits per heavy atom. The molecule has 3 heteroatoms. The molecule has 0 aliphatic carbocycles. The van der Waals surface area contributed by atoms with E-state index < -0.39 is 0 Å². The molecule has 3 rings (SSSR count). The summed E-state index contributed by atoms with van der Waals surface area (Å²) >= 11 is 0. The molecular formula is C18H22N2O. The third-order valence-electron chi connectivity index (χ3n) is 4.55. The maximum absolute atomic E-state index is 12.2. The maximum atomic E-state index is 12.2. The van der Waals surface area contributed by atoms with Crippen LogP contribution in [0.15, 0.2) is 41.3 Å². The molecule has 110 valence electrons. The summed E-state index contributed by atoms with van der Waals surface area (Å²) in [6.45, 7) is 5.23. The molecule has 1 atom stereocenters. The first kappa shape index (κ1) is 14.1. The van der Waals surface area contributed by atoms with Crippen molar-refractivity contribution in [3.63, 3.8) is 0 Å². The van der Waals surface area contributed by atoms with Crippen LogP contribution in [0.4, 0.5) is 0 Å². The summed E-state index contributed by atoms with van der Waals surface area (Å²) in [4.78, 5) is 17.4. The van der Waals surface area contributed by atoms with Gasteiger partial charge in [-0.3, -0.25) is 9.69 Å². The molecule has 0 bridgehead atoms. The monoisotopic (exact) mass is 282 g/mol. The van der Waals surface area contributed by atoms with Crippen molar-refractivity contribution in [2.45, 2.75) is 32.9 Å². The molecule has 1 N–H and O–H groups in total. The van der Waals surface area contributed by atoms with E-state index in [2.05, 4.69) is 42.9 Å². The molecule has 3 nitrogen and oxygen atoms in total. The Kier molecular flexibility index (Phi) is 3.68. The van der Waals surface area contributed by atoms with Gasteiger partial charge in [0.1, 0.15) is 0 Å². The Labute approximate surface area is 125 Å². The molecule has 2 aromatic rings. The molecule has 1 unspecified atom stereocenters. The van der Waals surface area contributed by atoms with E-state index in [1.54, 1.807) is 0 Å². The van der Waals surface area contributed by atoms with E-state index in [4.69, 9.17) is 0 Å². The van der Waals surface area contributed by atoms with Gasteiger partial charge in [0, 0.05) is 29.9 Å². The number of hydrogen-bond donors (Lipinski definition) is 1. The highest BCUT2D eigenvalue weighted by Crippen LogP contribution is 2.31. The van der Waals surface area contributed by atoms with Gasteiger partial charge in [0.2, 0.25) is 0 Å². The van der Waals surface area contributed by atoms with Gasteiger partial charge in [-0.15, -0.1) is 0 Å². The Morgan fingerprint density at radius 2 is 1.90 bits per heavy atom. The lowest BCUT2D eigenvalue weighted by Gasteiger charge is -2.37. The predicted octanol–water partition coefficient (Wildman–Crippen LogP) is 3.05. The lowest BCUT2D eigenvalue weighted by molar-refractivity contribution is 0.168. The number of hydrogen-bond acceptors (Lipinski definition) is 2. The summed E-state index contributed by atoms with van der Waals surface area (Å²) in [6, 6.07) is 10.8. The van der Waals surface area contributed by atoms with Crippen molar-refractivity contribution in [3.8, 4) is 11.1 Å². The third-order valence-corrected chi connectivity index (χ3v) is 4.55. The van der Waals surface area contributed by atoms with Gasteiger partial charge in [-0.25, -0.2) is 0 Å². The SMILES string of the molecule is CC(C)C1Cc2c(-c3ccccc3)c[nH]c(=O)c2CN1C. The molecule has 0 saturated carbocycles. The highest BCUT2D eigenvalue weighted by Gasteiger charge is 2.29. The van der Waals surface area contributed by atoms with E-state index in [1.165, 1.54) is 16.7 Å². The number of likely N-dealkylation sites (N-methyl/N-ethyl adjacent to an activating group) is 1. The number of aromatic amines is 1. The van der Waals surface area contributed by atoms with Crippen LogP contribution in [0.1, 0.15) is 25.0 Å². The maximum Gasteiger partial charge on any atom is 0.252 e. The number of benzene rings is 1. The van der Waals surface area contributed by atoms with Crippen molar-refractivity contribution in [3.05, 3.63) is 58.0 Å². The molecule has 0 fully saturated rings. The Morgan fingerprint density at radius 3 is 2.57 bits per heavy atom. The lowest BCUT2D eigenvalue weighted by Crippen LogP contribution is -2.43. The van der Waals surface area contributed by atoms with Crippen LogP contribution >= 0.6 is 0 Å². The third kappa shape index (κ3) is 2.54. The Balaban J connectivity index is 2.14. The molecule has 0 spiro atoms. The fraction of sp³-hybridized carbons (Fsp3) is 0.389. The van der Waals surface area contributed by atoms with Crippen molar-refractivity contribution in [1.82, 2.24) is 9.88 Å².